The Kier molecular flexibility index (Phi) is 2.54. The number of carbonyl (C=O) groups is 1. The Morgan fingerprint density at radius 2 is 2.14 bits per heavy atom. The molecule has 0 fully saturated rings. The molecule has 0 saturated heterocycles. The summed E-state index contributed by atoms with van der Waals surface area (Å²) in [5.74, 6) is 0.277. The first-order chi connectivity index (χ1) is 6.75. The maximum absolute atomic E-state index is 10.7. The number of cyclic esters (lactones) is 1. The highest BCUT2D eigenvalue weighted by atomic mass is 79.9. The summed E-state index contributed by atoms with van der Waals surface area (Å²) in [5.41, 5.74) is 0. The standard InChI is InChI=1S/C10H7BrO3/c11-7-3-1-2-4-8(7)13-10-6-5-9(12)14-10/h1-6,10H. The lowest BCUT2D eigenvalue weighted by molar-refractivity contribution is -0.147. The van der Waals surface area contributed by atoms with Crippen molar-refractivity contribution in [2.24, 2.45) is 0 Å². The van der Waals surface area contributed by atoms with Gasteiger partial charge in [-0.05, 0) is 28.1 Å². The number of benzene rings is 1. The van der Waals surface area contributed by atoms with Crippen molar-refractivity contribution < 1.29 is 14.3 Å². The Hall–Kier alpha value is -1.29. The lowest BCUT2D eigenvalue weighted by Crippen LogP contribution is -2.15. The van der Waals surface area contributed by atoms with E-state index in [2.05, 4.69) is 15.9 Å². The molecule has 4 heteroatoms. The van der Waals surface area contributed by atoms with Gasteiger partial charge in [0.2, 0.25) is 0 Å². The fraction of sp³-hybridized carbons (Fsp3) is 0.100. The van der Waals surface area contributed by atoms with Crippen molar-refractivity contribution in [1.82, 2.24) is 0 Å². The molecule has 0 aliphatic carbocycles. The van der Waals surface area contributed by atoms with Crippen LogP contribution in [0.4, 0.5) is 0 Å². The Bertz CT molecular complexity index is 387. The van der Waals surface area contributed by atoms with E-state index in [0.717, 1.165) is 4.47 Å². The van der Waals surface area contributed by atoms with Crippen LogP contribution in [0.15, 0.2) is 40.9 Å². The van der Waals surface area contributed by atoms with Gasteiger partial charge in [0.1, 0.15) is 5.75 Å². The molecule has 0 N–H and O–H groups in total. The molecular formula is C10H7BrO3. The molecule has 1 aliphatic heterocycles. The van der Waals surface area contributed by atoms with Crippen LogP contribution in [0.2, 0.25) is 0 Å². The average Bonchev–Trinajstić information content (AvgIpc) is 2.56. The molecule has 14 heavy (non-hydrogen) atoms. The summed E-state index contributed by atoms with van der Waals surface area (Å²) < 4.78 is 11.1. The smallest absolute Gasteiger partial charge is 0.334 e. The van der Waals surface area contributed by atoms with Crippen molar-refractivity contribution in [3.05, 3.63) is 40.9 Å². The number of esters is 1. The number of para-hydroxylation sites is 1. The van der Waals surface area contributed by atoms with Crippen LogP contribution in [0.1, 0.15) is 0 Å². The van der Waals surface area contributed by atoms with Crippen LogP contribution >= 0.6 is 15.9 Å². The third kappa shape index (κ3) is 1.96. The van der Waals surface area contributed by atoms with Crippen molar-refractivity contribution in [1.29, 1.82) is 0 Å². The van der Waals surface area contributed by atoms with Crippen molar-refractivity contribution >= 4 is 21.9 Å². The minimum atomic E-state index is -0.610. The molecule has 0 spiro atoms. The Morgan fingerprint density at radius 3 is 2.79 bits per heavy atom. The van der Waals surface area contributed by atoms with E-state index in [1.807, 2.05) is 18.2 Å². The SMILES string of the molecule is O=C1C=CC(Oc2ccccc2Br)O1. The van der Waals surface area contributed by atoms with Crippen LogP contribution < -0.4 is 4.74 Å². The summed E-state index contributed by atoms with van der Waals surface area (Å²) in [6, 6.07) is 7.38. The summed E-state index contributed by atoms with van der Waals surface area (Å²) in [5, 5.41) is 0. The predicted molar refractivity (Wildman–Crippen MR) is 53.8 cm³/mol. The van der Waals surface area contributed by atoms with Crippen LogP contribution in [-0.4, -0.2) is 12.3 Å². The number of hydrogen-bond donors (Lipinski definition) is 0. The highest BCUT2D eigenvalue weighted by Gasteiger charge is 2.18. The quantitative estimate of drug-likeness (QED) is 0.760. The van der Waals surface area contributed by atoms with Crippen molar-refractivity contribution in [3.8, 4) is 5.75 Å². The summed E-state index contributed by atoms with van der Waals surface area (Å²) >= 11 is 3.33. The van der Waals surface area contributed by atoms with Gasteiger partial charge in [-0.3, -0.25) is 0 Å². The fourth-order valence-corrected chi connectivity index (χ4v) is 1.46. The maximum Gasteiger partial charge on any atom is 0.334 e. The van der Waals surface area contributed by atoms with E-state index < -0.39 is 6.29 Å². The molecule has 1 atom stereocenters. The first kappa shape index (κ1) is 9.27. The van der Waals surface area contributed by atoms with Crippen molar-refractivity contribution in [2.45, 2.75) is 6.29 Å². The topological polar surface area (TPSA) is 35.5 Å². The van der Waals surface area contributed by atoms with Crippen molar-refractivity contribution in [2.75, 3.05) is 0 Å². The third-order valence-corrected chi connectivity index (χ3v) is 2.36. The van der Waals surface area contributed by atoms with E-state index in [1.165, 1.54) is 6.08 Å². The lowest BCUT2D eigenvalue weighted by Gasteiger charge is -2.12. The Morgan fingerprint density at radius 1 is 1.36 bits per heavy atom. The number of hydrogen-bond acceptors (Lipinski definition) is 3. The average molecular weight is 255 g/mol. The molecule has 0 amide bonds. The van der Waals surface area contributed by atoms with Gasteiger partial charge in [0.15, 0.2) is 0 Å². The molecule has 0 saturated carbocycles. The molecular weight excluding hydrogens is 248 g/mol. The molecule has 1 aliphatic rings. The molecule has 0 radical (unpaired) electrons. The van der Waals surface area contributed by atoms with Gasteiger partial charge in [-0.15, -0.1) is 0 Å². The summed E-state index contributed by atoms with van der Waals surface area (Å²) in [7, 11) is 0. The largest absolute Gasteiger partial charge is 0.450 e. The zero-order valence-corrected chi connectivity index (χ0v) is 8.73. The monoisotopic (exact) mass is 254 g/mol. The van der Waals surface area contributed by atoms with Gasteiger partial charge in [0, 0.05) is 12.2 Å². The van der Waals surface area contributed by atoms with E-state index in [0.29, 0.717) is 5.75 Å². The Labute approximate surface area is 89.5 Å². The van der Waals surface area contributed by atoms with Crippen LogP contribution in [0, 0.1) is 0 Å². The molecule has 3 nitrogen and oxygen atoms in total. The fourth-order valence-electron chi connectivity index (χ4n) is 1.08. The molecule has 1 heterocycles. The van der Waals surface area contributed by atoms with Gasteiger partial charge in [0.25, 0.3) is 6.29 Å². The normalized spacial score (nSPS) is 19.5. The first-order valence-corrected chi connectivity index (χ1v) is 4.85. The van der Waals surface area contributed by atoms with E-state index in [-0.39, 0.29) is 5.97 Å². The highest BCUT2D eigenvalue weighted by Crippen LogP contribution is 2.25. The Balaban J connectivity index is 2.08. The second kappa shape index (κ2) is 3.84. The number of ether oxygens (including phenoxy) is 2. The van der Waals surface area contributed by atoms with Crippen molar-refractivity contribution in [3.63, 3.8) is 0 Å². The summed E-state index contributed by atoms with van der Waals surface area (Å²) in [6.07, 6.45) is 2.31. The molecule has 72 valence electrons. The zero-order chi connectivity index (χ0) is 9.97. The van der Waals surface area contributed by atoms with Gasteiger partial charge in [-0.1, -0.05) is 12.1 Å². The van der Waals surface area contributed by atoms with Crippen LogP contribution in [0.25, 0.3) is 0 Å². The highest BCUT2D eigenvalue weighted by molar-refractivity contribution is 9.10. The van der Waals surface area contributed by atoms with Gasteiger partial charge < -0.3 is 9.47 Å². The molecule has 0 bridgehead atoms. The van der Waals surface area contributed by atoms with Gasteiger partial charge in [-0.25, -0.2) is 4.79 Å². The van der Waals surface area contributed by atoms with Crippen LogP contribution in [0.5, 0.6) is 5.75 Å². The van der Waals surface area contributed by atoms with Gasteiger partial charge in [0.05, 0.1) is 4.47 Å². The second-order valence-electron chi connectivity index (χ2n) is 2.71. The number of rotatable bonds is 2. The lowest BCUT2D eigenvalue weighted by atomic mass is 10.3. The molecule has 1 aromatic carbocycles. The summed E-state index contributed by atoms with van der Waals surface area (Å²) in [6.45, 7) is 0. The predicted octanol–water partition coefficient (Wildman–Crippen LogP) is 2.27. The van der Waals surface area contributed by atoms with E-state index >= 15 is 0 Å². The number of carbonyl (C=O) groups excluding carboxylic acids is 1. The molecule has 1 aromatic rings. The molecule has 0 aromatic heterocycles. The third-order valence-electron chi connectivity index (χ3n) is 1.70. The van der Waals surface area contributed by atoms with E-state index in [9.17, 15) is 4.79 Å². The van der Waals surface area contributed by atoms with Gasteiger partial charge >= 0.3 is 5.97 Å². The molecule has 1 unspecified atom stereocenters. The molecule has 2 rings (SSSR count). The summed E-state index contributed by atoms with van der Waals surface area (Å²) in [4.78, 5) is 10.7. The first-order valence-electron chi connectivity index (χ1n) is 4.06. The van der Waals surface area contributed by atoms with E-state index in [4.69, 9.17) is 9.47 Å². The number of halogens is 1. The minimum absolute atomic E-state index is 0.373. The van der Waals surface area contributed by atoms with Crippen LogP contribution in [0.3, 0.4) is 0 Å². The van der Waals surface area contributed by atoms with Crippen LogP contribution in [-0.2, 0) is 9.53 Å². The second-order valence-corrected chi connectivity index (χ2v) is 3.57. The van der Waals surface area contributed by atoms with E-state index in [1.54, 1.807) is 12.1 Å². The maximum atomic E-state index is 10.7. The minimum Gasteiger partial charge on any atom is -0.450 e. The van der Waals surface area contributed by atoms with Gasteiger partial charge in [-0.2, -0.15) is 0 Å². The zero-order valence-electron chi connectivity index (χ0n) is 7.14.